The number of carbonyl (C=O) groups is 1. The van der Waals surface area contributed by atoms with Crippen LogP contribution < -0.4 is 5.32 Å². The number of hydrogen-bond donors (Lipinski definition) is 1. The second-order valence-corrected chi connectivity index (χ2v) is 5.19. The van der Waals surface area contributed by atoms with Gasteiger partial charge in [0.2, 0.25) is 5.91 Å². The number of furan rings is 1. The first-order chi connectivity index (χ1) is 8.66. The molecule has 1 amide bonds. The van der Waals surface area contributed by atoms with Gasteiger partial charge < -0.3 is 9.73 Å². The zero-order chi connectivity index (χ0) is 13.0. The summed E-state index contributed by atoms with van der Waals surface area (Å²) in [6.07, 6.45) is 4.00. The maximum atomic E-state index is 12.0. The SMILES string of the molecule is CC1CCN(C(C)C(=O)NCc2ccco2)CC1. The van der Waals surface area contributed by atoms with E-state index in [1.165, 1.54) is 12.8 Å². The van der Waals surface area contributed by atoms with Crippen molar-refractivity contribution in [1.82, 2.24) is 10.2 Å². The largest absolute Gasteiger partial charge is 0.467 e. The number of nitrogens with zero attached hydrogens (tertiary/aromatic N) is 1. The van der Waals surface area contributed by atoms with Crippen LogP contribution in [0.3, 0.4) is 0 Å². The van der Waals surface area contributed by atoms with Gasteiger partial charge in [-0.05, 0) is 50.9 Å². The topological polar surface area (TPSA) is 45.5 Å². The summed E-state index contributed by atoms with van der Waals surface area (Å²) in [5.74, 6) is 1.67. The predicted molar refractivity (Wildman–Crippen MR) is 70.0 cm³/mol. The molecule has 0 spiro atoms. The van der Waals surface area contributed by atoms with Gasteiger partial charge in [0.05, 0.1) is 18.8 Å². The van der Waals surface area contributed by atoms with Crippen LogP contribution in [0.5, 0.6) is 0 Å². The normalized spacial score (nSPS) is 19.7. The fourth-order valence-electron chi connectivity index (χ4n) is 2.32. The third-order valence-corrected chi connectivity index (χ3v) is 3.76. The van der Waals surface area contributed by atoms with Gasteiger partial charge in [-0.15, -0.1) is 0 Å². The molecule has 1 aromatic rings. The molecule has 0 bridgehead atoms. The van der Waals surface area contributed by atoms with Crippen LogP contribution in [-0.4, -0.2) is 29.9 Å². The molecule has 1 unspecified atom stereocenters. The Labute approximate surface area is 108 Å². The first-order valence-corrected chi connectivity index (χ1v) is 6.71. The monoisotopic (exact) mass is 250 g/mol. The van der Waals surface area contributed by atoms with Gasteiger partial charge in [0.1, 0.15) is 5.76 Å². The molecule has 1 aliphatic rings. The smallest absolute Gasteiger partial charge is 0.237 e. The maximum absolute atomic E-state index is 12.0. The van der Waals surface area contributed by atoms with E-state index in [1.54, 1.807) is 6.26 Å². The molecule has 1 N–H and O–H groups in total. The van der Waals surface area contributed by atoms with Gasteiger partial charge >= 0.3 is 0 Å². The number of rotatable bonds is 4. The molecule has 100 valence electrons. The molecular weight excluding hydrogens is 228 g/mol. The molecule has 0 radical (unpaired) electrons. The lowest BCUT2D eigenvalue weighted by molar-refractivity contribution is -0.126. The lowest BCUT2D eigenvalue weighted by Gasteiger charge is -2.34. The number of hydrogen-bond acceptors (Lipinski definition) is 3. The minimum absolute atomic E-state index is 0.0486. The standard InChI is InChI=1S/C14H22N2O2/c1-11-5-7-16(8-6-11)12(2)14(17)15-10-13-4-3-9-18-13/h3-4,9,11-12H,5-8,10H2,1-2H3,(H,15,17). The fourth-order valence-corrected chi connectivity index (χ4v) is 2.32. The Morgan fingerprint density at radius 3 is 2.89 bits per heavy atom. The Bertz CT molecular complexity index is 367. The lowest BCUT2D eigenvalue weighted by Crippen LogP contribution is -2.47. The molecule has 18 heavy (non-hydrogen) atoms. The van der Waals surface area contributed by atoms with Crippen LogP contribution in [0, 0.1) is 5.92 Å². The Kier molecular flexibility index (Phi) is 4.42. The highest BCUT2D eigenvalue weighted by molar-refractivity contribution is 5.81. The van der Waals surface area contributed by atoms with Gasteiger partial charge in [-0.25, -0.2) is 0 Å². The summed E-state index contributed by atoms with van der Waals surface area (Å²) < 4.78 is 5.19. The third kappa shape index (κ3) is 3.35. The van der Waals surface area contributed by atoms with Crippen molar-refractivity contribution in [3.05, 3.63) is 24.2 Å². The Morgan fingerprint density at radius 1 is 1.56 bits per heavy atom. The van der Waals surface area contributed by atoms with E-state index in [4.69, 9.17) is 4.42 Å². The second kappa shape index (κ2) is 6.05. The number of carbonyl (C=O) groups excluding carboxylic acids is 1. The van der Waals surface area contributed by atoms with Gasteiger partial charge in [0.25, 0.3) is 0 Å². The first kappa shape index (κ1) is 13.1. The summed E-state index contributed by atoms with van der Waals surface area (Å²) >= 11 is 0. The van der Waals surface area contributed by atoms with Crippen LogP contribution in [0.2, 0.25) is 0 Å². The van der Waals surface area contributed by atoms with Crippen molar-refractivity contribution in [2.45, 2.75) is 39.3 Å². The quantitative estimate of drug-likeness (QED) is 0.889. The Morgan fingerprint density at radius 2 is 2.28 bits per heavy atom. The predicted octanol–water partition coefficient (Wildman–Crippen LogP) is 2.02. The molecule has 1 aromatic heterocycles. The van der Waals surface area contributed by atoms with Gasteiger partial charge in [-0.2, -0.15) is 0 Å². The van der Waals surface area contributed by atoms with E-state index in [0.29, 0.717) is 6.54 Å². The molecule has 1 fully saturated rings. The van der Waals surface area contributed by atoms with Crippen LogP contribution in [-0.2, 0) is 11.3 Å². The minimum atomic E-state index is -0.0486. The summed E-state index contributed by atoms with van der Waals surface area (Å²) in [6, 6.07) is 3.65. The zero-order valence-electron chi connectivity index (χ0n) is 11.2. The van der Waals surface area contributed by atoms with E-state index in [0.717, 1.165) is 24.8 Å². The number of nitrogens with one attached hydrogen (secondary N) is 1. The van der Waals surface area contributed by atoms with E-state index in [-0.39, 0.29) is 11.9 Å². The van der Waals surface area contributed by atoms with E-state index in [1.807, 2.05) is 19.1 Å². The van der Waals surface area contributed by atoms with E-state index in [9.17, 15) is 4.79 Å². The van der Waals surface area contributed by atoms with E-state index < -0.39 is 0 Å². The summed E-state index contributed by atoms with van der Waals surface area (Å²) in [4.78, 5) is 14.3. The lowest BCUT2D eigenvalue weighted by atomic mass is 9.98. The minimum Gasteiger partial charge on any atom is -0.467 e. The number of amides is 1. The molecular formula is C14H22N2O2. The molecule has 1 atom stereocenters. The molecule has 2 heterocycles. The first-order valence-electron chi connectivity index (χ1n) is 6.71. The molecule has 0 aliphatic carbocycles. The van der Waals surface area contributed by atoms with Gasteiger partial charge in [0.15, 0.2) is 0 Å². The highest BCUT2D eigenvalue weighted by atomic mass is 16.3. The van der Waals surface area contributed by atoms with Crippen molar-refractivity contribution < 1.29 is 9.21 Å². The highest BCUT2D eigenvalue weighted by Gasteiger charge is 2.24. The molecule has 1 aliphatic heterocycles. The van der Waals surface area contributed by atoms with Crippen molar-refractivity contribution >= 4 is 5.91 Å². The van der Waals surface area contributed by atoms with Crippen LogP contribution in [0.1, 0.15) is 32.4 Å². The zero-order valence-corrected chi connectivity index (χ0v) is 11.2. The molecule has 0 saturated carbocycles. The number of piperidine rings is 1. The highest BCUT2D eigenvalue weighted by Crippen LogP contribution is 2.18. The molecule has 4 heteroatoms. The second-order valence-electron chi connectivity index (χ2n) is 5.19. The Hall–Kier alpha value is -1.29. The van der Waals surface area contributed by atoms with Crippen molar-refractivity contribution in [1.29, 1.82) is 0 Å². The van der Waals surface area contributed by atoms with Crippen molar-refractivity contribution in [2.75, 3.05) is 13.1 Å². The Balaban J connectivity index is 1.77. The van der Waals surface area contributed by atoms with Crippen molar-refractivity contribution in [2.24, 2.45) is 5.92 Å². The van der Waals surface area contributed by atoms with Crippen LogP contribution in [0.15, 0.2) is 22.8 Å². The molecule has 0 aromatic carbocycles. The van der Waals surface area contributed by atoms with Crippen LogP contribution in [0.4, 0.5) is 0 Å². The average Bonchev–Trinajstić information content (AvgIpc) is 2.89. The molecule has 1 saturated heterocycles. The summed E-state index contributed by atoms with van der Waals surface area (Å²) in [5.41, 5.74) is 0. The van der Waals surface area contributed by atoms with Crippen LogP contribution in [0.25, 0.3) is 0 Å². The van der Waals surface area contributed by atoms with E-state index in [2.05, 4.69) is 17.1 Å². The van der Waals surface area contributed by atoms with Gasteiger partial charge in [-0.1, -0.05) is 6.92 Å². The van der Waals surface area contributed by atoms with Crippen LogP contribution >= 0.6 is 0 Å². The molecule has 2 rings (SSSR count). The summed E-state index contributed by atoms with van der Waals surface area (Å²) in [7, 11) is 0. The van der Waals surface area contributed by atoms with Crippen molar-refractivity contribution in [3.8, 4) is 0 Å². The molecule has 4 nitrogen and oxygen atoms in total. The van der Waals surface area contributed by atoms with Gasteiger partial charge in [-0.3, -0.25) is 9.69 Å². The number of likely N-dealkylation sites (tertiary alicyclic amines) is 1. The summed E-state index contributed by atoms with van der Waals surface area (Å²) in [5, 5.41) is 2.92. The van der Waals surface area contributed by atoms with E-state index >= 15 is 0 Å². The van der Waals surface area contributed by atoms with Gasteiger partial charge in [0, 0.05) is 0 Å². The third-order valence-electron chi connectivity index (χ3n) is 3.76. The van der Waals surface area contributed by atoms with Crippen molar-refractivity contribution in [3.63, 3.8) is 0 Å². The summed E-state index contributed by atoms with van der Waals surface area (Å²) in [6.45, 7) is 6.78. The average molecular weight is 250 g/mol. The fraction of sp³-hybridized carbons (Fsp3) is 0.643. The maximum Gasteiger partial charge on any atom is 0.237 e.